The molecule has 0 unspecified atom stereocenters. The van der Waals surface area contributed by atoms with Crippen LogP contribution in [0, 0.1) is 11.7 Å². The van der Waals surface area contributed by atoms with E-state index in [1.54, 1.807) is 6.20 Å². The molecular formula is C23H27Cl2FN6O. The lowest BCUT2D eigenvalue weighted by molar-refractivity contribution is 0.0903. The van der Waals surface area contributed by atoms with Gasteiger partial charge in [0.2, 0.25) is 11.9 Å². The molecule has 3 aromatic rings. The number of imidazole rings is 1. The first-order valence-corrected chi connectivity index (χ1v) is 12.2. The highest BCUT2D eigenvalue weighted by atomic mass is 35.5. The second-order valence-corrected chi connectivity index (χ2v) is 9.78. The lowest BCUT2D eigenvalue weighted by Gasteiger charge is -2.29. The van der Waals surface area contributed by atoms with E-state index in [2.05, 4.69) is 27.1 Å². The molecule has 1 aliphatic carbocycles. The van der Waals surface area contributed by atoms with Crippen molar-refractivity contribution in [2.45, 2.75) is 57.5 Å². The standard InChI is InChI=1S/C23H27Cl2FN6O/c1-13-2-4-15(5-3-13)32-21-18(12-27-22(31-21)28-14-8-10-33-11-9-14)29-23(32)30-20-17(26)7-6-16(24)19(20)25/h6-7,12-15H,2-5,8-11H2,1H3,(H,29,30)(H,27,28,31). The van der Waals surface area contributed by atoms with Crippen molar-refractivity contribution < 1.29 is 9.13 Å². The number of fused-ring (bicyclic) bond motifs is 1. The second kappa shape index (κ2) is 9.60. The maximum Gasteiger partial charge on any atom is 0.224 e. The summed E-state index contributed by atoms with van der Waals surface area (Å²) in [6.45, 7) is 3.75. The van der Waals surface area contributed by atoms with Crippen LogP contribution in [0.1, 0.15) is 51.5 Å². The maximum absolute atomic E-state index is 14.6. The first-order chi connectivity index (χ1) is 16.0. The Balaban J connectivity index is 1.54. The van der Waals surface area contributed by atoms with Gasteiger partial charge < -0.3 is 15.4 Å². The summed E-state index contributed by atoms with van der Waals surface area (Å²) < 4.78 is 22.2. The molecule has 7 nitrogen and oxygen atoms in total. The highest BCUT2D eigenvalue weighted by molar-refractivity contribution is 6.43. The van der Waals surface area contributed by atoms with Gasteiger partial charge in [-0.15, -0.1) is 0 Å². The molecule has 33 heavy (non-hydrogen) atoms. The summed E-state index contributed by atoms with van der Waals surface area (Å²) in [6.07, 6.45) is 7.79. The maximum atomic E-state index is 14.6. The van der Waals surface area contributed by atoms with Gasteiger partial charge in [-0.05, 0) is 56.6 Å². The highest BCUT2D eigenvalue weighted by Crippen LogP contribution is 2.39. The van der Waals surface area contributed by atoms with Crippen molar-refractivity contribution in [2.24, 2.45) is 5.92 Å². The molecule has 0 spiro atoms. The molecule has 2 aromatic heterocycles. The Morgan fingerprint density at radius 2 is 1.82 bits per heavy atom. The largest absolute Gasteiger partial charge is 0.381 e. The molecule has 1 aromatic carbocycles. The van der Waals surface area contributed by atoms with Gasteiger partial charge in [0.25, 0.3) is 0 Å². The fourth-order valence-electron chi connectivity index (χ4n) is 4.67. The molecule has 176 valence electrons. The molecule has 10 heteroatoms. The summed E-state index contributed by atoms with van der Waals surface area (Å²) >= 11 is 12.5. The zero-order chi connectivity index (χ0) is 22.9. The molecule has 1 aliphatic heterocycles. The van der Waals surface area contributed by atoms with Gasteiger partial charge >= 0.3 is 0 Å². The Morgan fingerprint density at radius 1 is 1.06 bits per heavy atom. The van der Waals surface area contributed by atoms with Crippen LogP contribution in [-0.2, 0) is 4.74 Å². The molecule has 1 saturated carbocycles. The van der Waals surface area contributed by atoms with Crippen molar-refractivity contribution >= 4 is 51.9 Å². The fraction of sp³-hybridized carbons (Fsp3) is 0.522. The summed E-state index contributed by atoms with van der Waals surface area (Å²) in [4.78, 5) is 14.0. The van der Waals surface area contributed by atoms with E-state index in [0.29, 0.717) is 23.3 Å². The Bertz CT molecular complexity index is 1140. The van der Waals surface area contributed by atoms with Crippen molar-refractivity contribution in [2.75, 3.05) is 23.8 Å². The Hall–Kier alpha value is -2.16. The minimum absolute atomic E-state index is 0.110. The number of benzene rings is 1. The van der Waals surface area contributed by atoms with E-state index in [0.717, 1.165) is 57.4 Å². The van der Waals surface area contributed by atoms with E-state index in [-0.39, 0.29) is 27.8 Å². The van der Waals surface area contributed by atoms with Gasteiger partial charge in [0, 0.05) is 25.3 Å². The Kier molecular flexibility index (Phi) is 6.58. The van der Waals surface area contributed by atoms with Crippen LogP contribution in [0.4, 0.5) is 22.0 Å². The number of aromatic nitrogens is 4. The summed E-state index contributed by atoms with van der Waals surface area (Å²) in [6, 6.07) is 3.21. The third-order valence-electron chi connectivity index (χ3n) is 6.62. The van der Waals surface area contributed by atoms with Crippen molar-refractivity contribution in [3.05, 3.63) is 34.2 Å². The number of ether oxygens (including phenoxy) is 1. The summed E-state index contributed by atoms with van der Waals surface area (Å²) in [5.74, 6) is 1.25. The normalized spacial score (nSPS) is 21.9. The third kappa shape index (κ3) is 4.74. The molecule has 5 rings (SSSR count). The van der Waals surface area contributed by atoms with Crippen LogP contribution >= 0.6 is 23.2 Å². The minimum atomic E-state index is -0.492. The summed E-state index contributed by atoms with van der Waals surface area (Å²) in [5, 5.41) is 6.94. The van der Waals surface area contributed by atoms with E-state index >= 15 is 0 Å². The predicted octanol–water partition coefficient (Wildman–Crippen LogP) is 6.36. The van der Waals surface area contributed by atoms with Gasteiger partial charge in [0.05, 0.1) is 21.9 Å². The molecule has 2 fully saturated rings. The average Bonchev–Trinajstić information content (AvgIpc) is 3.18. The van der Waals surface area contributed by atoms with Gasteiger partial charge in [-0.25, -0.2) is 14.4 Å². The van der Waals surface area contributed by atoms with E-state index < -0.39 is 5.82 Å². The van der Waals surface area contributed by atoms with Gasteiger partial charge in [-0.1, -0.05) is 30.1 Å². The first-order valence-electron chi connectivity index (χ1n) is 11.5. The number of nitrogens with one attached hydrogen (secondary N) is 2. The average molecular weight is 493 g/mol. The van der Waals surface area contributed by atoms with E-state index in [9.17, 15) is 4.39 Å². The molecule has 0 atom stereocenters. The summed E-state index contributed by atoms with van der Waals surface area (Å²) in [7, 11) is 0. The van der Waals surface area contributed by atoms with Crippen molar-refractivity contribution in [3.8, 4) is 0 Å². The number of nitrogens with zero attached hydrogens (tertiary/aromatic N) is 4. The van der Waals surface area contributed by atoms with Crippen molar-refractivity contribution in [1.82, 2.24) is 19.5 Å². The number of hydrogen-bond acceptors (Lipinski definition) is 6. The smallest absolute Gasteiger partial charge is 0.224 e. The lowest BCUT2D eigenvalue weighted by Crippen LogP contribution is -2.28. The molecule has 2 N–H and O–H groups in total. The van der Waals surface area contributed by atoms with Crippen molar-refractivity contribution in [1.29, 1.82) is 0 Å². The highest BCUT2D eigenvalue weighted by Gasteiger charge is 2.27. The molecule has 2 aliphatic rings. The quantitative estimate of drug-likeness (QED) is 0.403. The van der Waals surface area contributed by atoms with Crippen LogP contribution in [-0.4, -0.2) is 38.8 Å². The summed E-state index contributed by atoms with van der Waals surface area (Å²) in [5.41, 5.74) is 1.48. The number of rotatable bonds is 5. The number of anilines is 3. The zero-order valence-corrected chi connectivity index (χ0v) is 20.0. The molecular weight excluding hydrogens is 466 g/mol. The molecule has 0 radical (unpaired) electrons. The Morgan fingerprint density at radius 3 is 2.58 bits per heavy atom. The van der Waals surface area contributed by atoms with Gasteiger partial charge in [-0.2, -0.15) is 4.98 Å². The van der Waals surface area contributed by atoms with E-state index in [1.165, 1.54) is 12.1 Å². The van der Waals surface area contributed by atoms with Crippen molar-refractivity contribution in [3.63, 3.8) is 0 Å². The molecule has 1 saturated heterocycles. The molecule has 0 amide bonds. The topological polar surface area (TPSA) is 76.9 Å². The Labute approximate surface area is 202 Å². The molecule has 3 heterocycles. The van der Waals surface area contributed by atoms with Gasteiger partial charge in [0.1, 0.15) is 11.3 Å². The fourth-order valence-corrected chi connectivity index (χ4v) is 5.03. The van der Waals surface area contributed by atoms with E-state index in [1.807, 2.05) is 0 Å². The van der Waals surface area contributed by atoms with Crippen LogP contribution in [0.2, 0.25) is 10.0 Å². The lowest BCUT2D eigenvalue weighted by atomic mass is 9.87. The van der Waals surface area contributed by atoms with Crippen LogP contribution in [0.25, 0.3) is 11.2 Å². The van der Waals surface area contributed by atoms with Gasteiger partial charge in [-0.3, -0.25) is 4.57 Å². The number of halogens is 3. The third-order valence-corrected chi connectivity index (χ3v) is 7.42. The molecule has 0 bridgehead atoms. The van der Waals surface area contributed by atoms with Crippen LogP contribution in [0.15, 0.2) is 18.3 Å². The van der Waals surface area contributed by atoms with Crippen LogP contribution < -0.4 is 10.6 Å². The monoisotopic (exact) mass is 492 g/mol. The second-order valence-electron chi connectivity index (χ2n) is 9.00. The predicted molar refractivity (Wildman–Crippen MR) is 129 cm³/mol. The van der Waals surface area contributed by atoms with Crippen LogP contribution in [0.3, 0.4) is 0 Å². The minimum Gasteiger partial charge on any atom is -0.381 e. The van der Waals surface area contributed by atoms with Crippen LogP contribution in [0.5, 0.6) is 0 Å². The van der Waals surface area contributed by atoms with E-state index in [4.69, 9.17) is 37.9 Å². The first kappa shape index (κ1) is 22.6. The SMILES string of the molecule is CC1CCC(n2c(Nc3c(F)ccc(Cl)c3Cl)nc3cnc(NC4CCOCC4)nc32)CC1. The zero-order valence-electron chi connectivity index (χ0n) is 18.5. The van der Waals surface area contributed by atoms with Gasteiger partial charge in [0.15, 0.2) is 5.65 Å². The number of hydrogen-bond donors (Lipinski definition) is 2.